The molecule has 4 aliphatic carbocycles. The van der Waals surface area contributed by atoms with Crippen LogP contribution in [0.5, 0.6) is 0 Å². The molecule has 0 bridgehead atoms. The number of nitrogen functional groups attached to an aromatic ring is 1. The zero-order valence-electron chi connectivity index (χ0n) is 25.4. The van der Waals surface area contributed by atoms with Crippen LogP contribution in [0.3, 0.4) is 0 Å². The summed E-state index contributed by atoms with van der Waals surface area (Å²) in [6.45, 7) is 12.5. The van der Waals surface area contributed by atoms with Crippen LogP contribution in [0.25, 0.3) is 0 Å². The van der Waals surface area contributed by atoms with Crippen molar-refractivity contribution < 1.29 is 9.53 Å². The molecule has 4 aliphatic rings. The highest BCUT2D eigenvalue weighted by molar-refractivity contribution is 5.70. The van der Waals surface area contributed by atoms with Gasteiger partial charge in [-0.3, -0.25) is 4.79 Å². The molecule has 1 aromatic rings. The van der Waals surface area contributed by atoms with E-state index in [1.165, 1.54) is 51.4 Å². The third-order valence-corrected chi connectivity index (χ3v) is 12.0. The lowest BCUT2D eigenvalue weighted by atomic mass is 9.47. The van der Waals surface area contributed by atoms with E-state index in [4.69, 9.17) is 10.5 Å². The van der Waals surface area contributed by atoms with E-state index in [9.17, 15) is 4.79 Å². The lowest BCUT2D eigenvalue weighted by Crippen LogP contribution is -2.51. The molecule has 0 aliphatic heterocycles. The maximum atomic E-state index is 12.7. The van der Waals surface area contributed by atoms with Gasteiger partial charge in [0.15, 0.2) is 0 Å². The van der Waals surface area contributed by atoms with Crippen molar-refractivity contribution in [2.45, 2.75) is 124 Å². The molecule has 5 rings (SSSR count). The number of carbonyl (C=O) groups is 1. The first kappa shape index (κ1) is 28.7. The Morgan fingerprint density at radius 3 is 2.64 bits per heavy atom. The lowest BCUT2D eigenvalue weighted by molar-refractivity contribution is -0.151. The normalized spacial score (nSPS) is 36.5. The number of hydrogen-bond donors (Lipinski definition) is 1. The number of aryl methyl sites for hydroxylation is 1. The largest absolute Gasteiger partial charge is 0.462 e. The molecule has 8 atom stereocenters. The van der Waals surface area contributed by atoms with Gasteiger partial charge in [0.05, 0.1) is 0 Å². The summed E-state index contributed by atoms with van der Waals surface area (Å²) < 4.78 is 6.01. The molecule has 39 heavy (non-hydrogen) atoms. The van der Waals surface area contributed by atoms with Gasteiger partial charge in [0.2, 0.25) is 0 Å². The van der Waals surface area contributed by atoms with E-state index < -0.39 is 0 Å². The maximum absolute atomic E-state index is 12.7. The average molecular weight is 535 g/mol. The van der Waals surface area contributed by atoms with Crippen LogP contribution in [0, 0.1) is 46.3 Å². The predicted molar refractivity (Wildman–Crippen MR) is 160 cm³/mol. The first-order valence-corrected chi connectivity index (χ1v) is 16.2. The fraction of sp³-hybridized carbons (Fsp3) is 0.771. The molecule has 0 aromatic carbocycles. The smallest absolute Gasteiger partial charge is 0.306 e. The number of ether oxygens (including phenoxy) is 1. The van der Waals surface area contributed by atoms with Crippen LogP contribution in [-0.2, 0) is 16.0 Å². The van der Waals surface area contributed by atoms with Crippen molar-refractivity contribution in [3.05, 3.63) is 35.5 Å². The van der Waals surface area contributed by atoms with Gasteiger partial charge >= 0.3 is 5.97 Å². The van der Waals surface area contributed by atoms with Gasteiger partial charge in [0.25, 0.3) is 0 Å². The molecule has 4 nitrogen and oxygen atoms in total. The fourth-order valence-corrected chi connectivity index (χ4v) is 9.83. The van der Waals surface area contributed by atoms with Crippen molar-refractivity contribution in [3.63, 3.8) is 0 Å². The number of carbonyl (C=O) groups excluding carboxylic acids is 1. The number of esters is 1. The summed E-state index contributed by atoms with van der Waals surface area (Å²) in [6, 6.07) is 3.74. The fourth-order valence-electron chi connectivity index (χ4n) is 9.83. The van der Waals surface area contributed by atoms with Crippen LogP contribution in [0.15, 0.2) is 30.0 Å². The third kappa shape index (κ3) is 5.82. The van der Waals surface area contributed by atoms with Crippen molar-refractivity contribution in [2.75, 3.05) is 5.73 Å². The molecule has 3 saturated carbocycles. The van der Waals surface area contributed by atoms with Gasteiger partial charge in [0.1, 0.15) is 11.9 Å². The summed E-state index contributed by atoms with van der Waals surface area (Å²) in [4.78, 5) is 16.8. The van der Waals surface area contributed by atoms with E-state index in [2.05, 4.69) is 45.7 Å². The number of allylic oxidation sites excluding steroid dienone is 1. The Bertz CT molecular complexity index is 1030. The molecule has 0 spiro atoms. The first-order chi connectivity index (χ1) is 18.6. The molecule has 1 aromatic heterocycles. The third-order valence-electron chi connectivity index (χ3n) is 12.0. The molecule has 3 fully saturated rings. The van der Waals surface area contributed by atoms with Crippen LogP contribution >= 0.6 is 0 Å². The van der Waals surface area contributed by atoms with E-state index >= 15 is 0 Å². The number of aromatic nitrogens is 1. The Labute approximate surface area is 238 Å². The number of nitrogens with two attached hydrogens (primary N) is 1. The van der Waals surface area contributed by atoms with Crippen LogP contribution in [0.2, 0.25) is 0 Å². The molecule has 2 N–H and O–H groups in total. The summed E-state index contributed by atoms with van der Waals surface area (Å²) >= 11 is 0. The highest BCUT2D eigenvalue weighted by atomic mass is 16.5. The summed E-state index contributed by atoms with van der Waals surface area (Å²) in [5.74, 6) is 5.57. The quantitative estimate of drug-likeness (QED) is 0.255. The van der Waals surface area contributed by atoms with Crippen molar-refractivity contribution in [3.8, 4) is 0 Å². The number of pyridine rings is 1. The van der Waals surface area contributed by atoms with Crippen LogP contribution in [0.1, 0.15) is 117 Å². The average Bonchev–Trinajstić information content (AvgIpc) is 3.25. The standard InChI is InChI=1S/C35H54N2O2/c1-23(2)7-6-8-24(3)29-13-14-30-28-12-11-26-21-27(17-19-34(26,4)31(28)18-20-35(29,30)5)39-33(38)16-10-25-9-15-32(36)37-22-25/h9,11,15,22-24,27-31H,6-8,10,12-14,16-21H2,1-5H3,(H2,36,37)/t24-,27?,28?,29-,30+,31+,34+,35-/m1/s1. The number of nitrogens with zero attached hydrogens (tertiary/aromatic N) is 1. The molecular formula is C35H54N2O2. The molecule has 0 saturated heterocycles. The second-order valence-electron chi connectivity index (χ2n) is 14.7. The van der Waals surface area contributed by atoms with Crippen molar-refractivity contribution in [1.29, 1.82) is 0 Å². The number of fused-ring (bicyclic) bond motifs is 5. The Morgan fingerprint density at radius 1 is 1.08 bits per heavy atom. The highest BCUT2D eigenvalue weighted by Gasteiger charge is 2.59. The first-order valence-electron chi connectivity index (χ1n) is 16.2. The second-order valence-corrected chi connectivity index (χ2v) is 14.7. The molecule has 4 heteroatoms. The molecule has 2 unspecified atom stereocenters. The monoisotopic (exact) mass is 534 g/mol. The van der Waals surface area contributed by atoms with Crippen LogP contribution in [-0.4, -0.2) is 17.1 Å². The van der Waals surface area contributed by atoms with Gasteiger partial charge in [-0.15, -0.1) is 0 Å². The minimum Gasteiger partial charge on any atom is -0.462 e. The van der Waals surface area contributed by atoms with E-state index in [1.807, 2.05) is 6.07 Å². The van der Waals surface area contributed by atoms with Crippen LogP contribution < -0.4 is 5.73 Å². The van der Waals surface area contributed by atoms with E-state index in [0.717, 1.165) is 60.3 Å². The Morgan fingerprint density at radius 2 is 1.90 bits per heavy atom. The van der Waals surface area contributed by atoms with Crippen molar-refractivity contribution in [1.82, 2.24) is 4.98 Å². The Kier molecular flexibility index (Phi) is 8.51. The Balaban J connectivity index is 1.18. The predicted octanol–water partition coefficient (Wildman–Crippen LogP) is 8.55. The molecule has 0 radical (unpaired) electrons. The summed E-state index contributed by atoms with van der Waals surface area (Å²) in [6.07, 6.45) is 19.7. The van der Waals surface area contributed by atoms with Gasteiger partial charge in [-0.25, -0.2) is 4.98 Å². The lowest BCUT2D eigenvalue weighted by Gasteiger charge is -2.58. The highest BCUT2D eigenvalue weighted by Crippen LogP contribution is 2.67. The molecular weight excluding hydrogens is 480 g/mol. The van der Waals surface area contributed by atoms with Gasteiger partial charge in [-0.1, -0.05) is 71.6 Å². The zero-order chi connectivity index (χ0) is 27.8. The number of hydrogen-bond acceptors (Lipinski definition) is 4. The summed E-state index contributed by atoms with van der Waals surface area (Å²) in [7, 11) is 0. The van der Waals surface area contributed by atoms with Crippen molar-refractivity contribution >= 4 is 11.8 Å². The topological polar surface area (TPSA) is 65.2 Å². The van der Waals surface area contributed by atoms with E-state index in [0.29, 0.717) is 29.5 Å². The minimum absolute atomic E-state index is 0.0364. The maximum Gasteiger partial charge on any atom is 0.306 e. The van der Waals surface area contributed by atoms with Gasteiger partial charge in [-0.2, -0.15) is 0 Å². The minimum atomic E-state index is -0.0809. The number of anilines is 1. The number of rotatable bonds is 9. The summed E-state index contributed by atoms with van der Waals surface area (Å²) in [5.41, 5.74) is 9.13. The Hall–Kier alpha value is -1.84. The second kappa shape index (κ2) is 11.6. The van der Waals surface area contributed by atoms with E-state index in [1.54, 1.807) is 17.8 Å². The molecule has 0 amide bonds. The van der Waals surface area contributed by atoms with Gasteiger partial charge < -0.3 is 10.5 Å². The van der Waals surface area contributed by atoms with Crippen molar-refractivity contribution in [2.24, 2.45) is 46.3 Å². The van der Waals surface area contributed by atoms with Crippen LogP contribution in [0.4, 0.5) is 5.82 Å². The van der Waals surface area contributed by atoms with Gasteiger partial charge in [-0.05, 0) is 109 Å². The SMILES string of the molecule is CC(C)CCC[C@@H](C)[C@H]1CC[C@H]2C3CC=C4CC(OC(=O)CCc5ccc(N)nc5)CC[C@]4(C)[C@H]3CC[C@]12C. The van der Waals surface area contributed by atoms with E-state index in [-0.39, 0.29) is 12.1 Å². The molecule has 216 valence electrons. The summed E-state index contributed by atoms with van der Waals surface area (Å²) in [5, 5.41) is 0. The zero-order valence-corrected chi connectivity index (χ0v) is 25.4. The van der Waals surface area contributed by atoms with Gasteiger partial charge in [0, 0.05) is 19.0 Å². The molecule has 1 heterocycles.